The summed E-state index contributed by atoms with van der Waals surface area (Å²) in [5.74, 6) is 1.03. The minimum atomic E-state index is 0.128. The van der Waals surface area contributed by atoms with Gasteiger partial charge in [-0.2, -0.15) is 0 Å². The van der Waals surface area contributed by atoms with Gasteiger partial charge in [-0.25, -0.2) is 0 Å². The Balaban J connectivity index is 3.12. The van der Waals surface area contributed by atoms with Crippen LogP contribution in [0.3, 0.4) is 0 Å². The molecule has 0 aliphatic rings. The van der Waals surface area contributed by atoms with Gasteiger partial charge in [0.1, 0.15) is 0 Å². The number of aliphatic hydroxyl groups excluding tert-OH is 1. The summed E-state index contributed by atoms with van der Waals surface area (Å²) in [6.07, 6.45) is 0.980. The van der Waals surface area contributed by atoms with Crippen molar-refractivity contribution in [3.05, 3.63) is 39.7 Å². The Hall–Kier alpha value is -0.340. The van der Waals surface area contributed by atoms with Crippen LogP contribution >= 0.6 is 15.9 Å². The van der Waals surface area contributed by atoms with Crippen LogP contribution in [0, 0.1) is 5.92 Å². The van der Waals surface area contributed by atoms with Gasteiger partial charge in [0.15, 0.2) is 0 Å². The molecule has 0 aliphatic carbocycles. The summed E-state index contributed by atoms with van der Waals surface area (Å²) in [6, 6.07) is 6.08. The molecule has 0 atom stereocenters. The Bertz CT molecular complexity index is 283. The zero-order valence-electron chi connectivity index (χ0n) is 7.97. The van der Waals surface area contributed by atoms with Gasteiger partial charge in [-0.15, -0.1) is 0 Å². The number of hydrogen-bond donors (Lipinski definition) is 1. The highest BCUT2D eigenvalue weighted by Crippen LogP contribution is 2.26. The summed E-state index contributed by atoms with van der Waals surface area (Å²) >= 11 is 3.51. The molecule has 71 valence electrons. The van der Waals surface area contributed by atoms with Crippen LogP contribution in [0.4, 0.5) is 0 Å². The minimum Gasteiger partial charge on any atom is -0.395 e. The zero-order valence-corrected chi connectivity index (χ0v) is 9.56. The van der Waals surface area contributed by atoms with Gasteiger partial charge in [0.2, 0.25) is 0 Å². The Morgan fingerprint density at radius 3 is 2.69 bits per heavy atom. The van der Waals surface area contributed by atoms with E-state index >= 15 is 0 Å². The summed E-state index contributed by atoms with van der Waals surface area (Å²) in [5.41, 5.74) is 2.44. The maximum absolute atomic E-state index is 9.05. The molecule has 0 bridgehead atoms. The Labute approximate surface area is 87.9 Å². The van der Waals surface area contributed by atoms with Crippen LogP contribution in [-0.2, 0) is 6.42 Å². The third kappa shape index (κ3) is 2.32. The molecule has 0 heterocycles. The molecule has 0 fully saturated rings. The number of halogens is 1. The van der Waals surface area contributed by atoms with Crippen LogP contribution in [0.25, 0.3) is 0 Å². The highest BCUT2D eigenvalue weighted by molar-refractivity contribution is 9.10. The number of hydrogen-bond acceptors (Lipinski definition) is 1. The van der Waals surface area contributed by atoms with Crippen molar-refractivity contribution in [1.82, 2.24) is 0 Å². The topological polar surface area (TPSA) is 20.2 Å². The van der Waals surface area contributed by atoms with Crippen molar-refractivity contribution in [3.8, 4) is 0 Å². The smallest absolute Gasteiger partial charge is 0.0534 e. The fourth-order valence-electron chi connectivity index (χ4n) is 1.40. The SMILES string of the molecule is CCc1c(Br)cccc1[C](C)CO. The van der Waals surface area contributed by atoms with E-state index in [1.54, 1.807) is 0 Å². The first-order valence-electron chi connectivity index (χ1n) is 4.41. The van der Waals surface area contributed by atoms with Gasteiger partial charge in [-0.05, 0) is 23.6 Å². The van der Waals surface area contributed by atoms with Crippen LogP contribution in [-0.4, -0.2) is 11.7 Å². The first-order valence-corrected chi connectivity index (χ1v) is 5.21. The van der Waals surface area contributed by atoms with Crippen LogP contribution in [0.5, 0.6) is 0 Å². The predicted molar refractivity (Wildman–Crippen MR) is 58.6 cm³/mol. The molecule has 0 unspecified atom stereocenters. The molecule has 0 saturated carbocycles. The number of rotatable bonds is 3. The standard InChI is InChI=1S/C11H14BrO/c1-3-9-10(8(2)7-13)5-4-6-11(9)12/h4-6,13H,3,7H2,1-2H3. The van der Waals surface area contributed by atoms with E-state index in [1.807, 2.05) is 19.1 Å². The fraction of sp³-hybridized carbons (Fsp3) is 0.364. The zero-order chi connectivity index (χ0) is 9.84. The Morgan fingerprint density at radius 2 is 2.15 bits per heavy atom. The van der Waals surface area contributed by atoms with Crippen molar-refractivity contribution in [2.75, 3.05) is 6.61 Å². The maximum Gasteiger partial charge on any atom is 0.0534 e. The second-order valence-electron chi connectivity index (χ2n) is 3.06. The molecule has 13 heavy (non-hydrogen) atoms. The van der Waals surface area contributed by atoms with E-state index in [4.69, 9.17) is 5.11 Å². The monoisotopic (exact) mass is 241 g/mol. The van der Waals surface area contributed by atoms with Crippen molar-refractivity contribution >= 4 is 15.9 Å². The molecule has 0 aromatic heterocycles. The molecular formula is C11H14BrO. The van der Waals surface area contributed by atoms with Gasteiger partial charge < -0.3 is 5.11 Å². The first kappa shape index (κ1) is 10.7. The number of aliphatic hydroxyl groups is 1. The summed E-state index contributed by atoms with van der Waals surface area (Å²) < 4.78 is 1.13. The van der Waals surface area contributed by atoms with Crippen LogP contribution < -0.4 is 0 Å². The molecule has 1 rings (SSSR count). The molecule has 1 aromatic rings. The van der Waals surface area contributed by atoms with Crippen molar-refractivity contribution in [3.63, 3.8) is 0 Å². The van der Waals surface area contributed by atoms with Gasteiger partial charge in [0.05, 0.1) is 6.61 Å². The van der Waals surface area contributed by atoms with E-state index in [2.05, 4.69) is 28.9 Å². The summed E-state index contributed by atoms with van der Waals surface area (Å²) in [4.78, 5) is 0. The Morgan fingerprint density at radius 1 is 1.46 bits per heavy atom. The Kier molecular flexibility index (Phi) is 3.94. The van der Waals surface area contributed by atoms with Gasteiger partial charge >= 0.3 is 0 Å². The average molecular weight is 242 g/mol. The normalized spacial score (nSPS) is 10.8. The third-order valence-corrected chi connectivity index (χ3v) is 2.91. The molecule has 1 aromatic carbocycles. The van der Waals surface area contributed by atoms with Gasteiger partial charge in [0, 0.05) is 10.4 Å². The number of benzene rings is 1. The van der Waals surface area contributed by atoms with E-state index in [1.165, 1.54) is 11.1 Å². The van der Waals surface area contributed by atoms with E-state index in [9.17, 15) is 0 Å². The van der Waals surface area contributed by atoms with Gasteiger partial charge in [-0.3, -0.25) is 0 Å². The van der Waals surface area contributed by atoms with Crippen molar-refractivity contribution in [1.29, 1.82) is 0 Å². The predicted octanol–water partition coefficient (Wildman–Crippen LogP) is 2.95. The molecule has 0 amide bonds. The summed E-state index contributed by atoms with van der Waals surface area (Å²) in [7, 11) is 0. The molecule has 1 N–H and O–H groups in total. The van der Waals surface area contributed by atoms with E-state index in [0.29, 0.717) is 0 Å². The molecule has 2 heteroatoms. The van der Waals surface area contributed by atoms with Crippen molar-refractivity contribution < 1.29 is 5.11 Å². The fourth-order valence-corrected chi connectivity index (χ4v) is 2.05. The quantitative estimate of drug-likeness (QED) is 0.863. The molecule has 1 nitrogen and oxygen atoms in total. The lowest BCUT2D eigenvalue weighted by molar-refractivity contribution is 0.314. The molecule has 0 saturated heterocycles. The minimum absolute atomic E-state index is 0.128. The van der Waals surface area contributed by atoms with Crippen LogP contribution in [0.1, 0.15) is 25.0 Å². The highest BCUT2D eigenvalue weighted by Gasteiger charge is 2.10. The van der Waals surface area contributed by atoms with Crippen molar-refractivity contribution in [2.24, 2.45) is 0 Å². The molecular weight excluding hydrogens is 228 g/mol. The summed E-state index contributed by atoms with van der Waals surface area (Å²) in [6.45, 7) is 4.21. The largest absolute Gasteiger partial charge is 0.395 e. The molecule has 0 spiro atoms. The maximum atomic E-state index is 9.05. The lowest BCUT2D eigenvalue weighted by Gasteiger charge is -2.13. The highest BCUT2D eigenvalue weighted by atomic mass is 79.9. The van der Waals surface area contributed by atoms with Gasteiger partial charge in [-0.1, -0.05) is 41.9 Å². The van der Waals surface area contributed by atoms with Gasteiger partial charge in [0.25, 0.3) is 0 Å². The van der Waals surface area contributed by atoms with Crippen LogP contribution in [0.15, 0.2) is 22.7 Å². The summed E-state index contributed by atoms with van der Waals surface area (Å²) in [5, 5.41) is 9.05. The van der Waals surface area contributed by atoms with E-state index < -0.39 is 0 Å². The lowest BCUT2D eigenvalue weighted by Crippen LogP contribution is -2.04. The average Bonchev–Trinajstić information content (AvgIpc) is 2.16. The van der Waals surface area contributed by atoms with Crippen LogP contribution in [0.2, 0.25) is 0 Å². The van der Waals surface area contributed by atoms with Crippen molar-refractivity contribution in [2.45, 2.75) is 20.3 Å². The van der Waals surface area contributed by atoms with E-state index in [0.717, 1.165) is 16.8 Å². The molecule has 0 aliphatic heterocycles. The molecule has 1 radical (unpaired) electrons. The lowest BCUT2D eigenvalue weighted by atomic mass is 9.95. The second kappa shape index (κ2) is 4.77. The van der Waals surface area contributed by atoms with E-state index in [-0.39, 0.29) is 6.61 Å². The second-order valence-corrected chi connectivity index (χ2v) is 3.91. The third-order valence-electron chi connectivity index (χ3n) is 2.17. The first-order chi connectivity index (χ1) is 6.20.